The maximum absolute atomic E-state index is 12.8. The van der Waals surface area contributed by atoms with E-state index in [-0.39, 0.29) is 17.4 Å². The van der Waals surface area contributed by atoms with E-state index in [4.69, 9.17) is 4.74 Å². The number of ether oxygens (including phenoxy) is 1. The molecule has 2 aliphatic rings. The lowest BCUT2D eigenvalue weighted by Crippen LogP contribution is -2.40. The van der Waals surface area contributed by atoms with Crippen molar-refractivity contribution in [1.82, 2.24) is 5.32 Å². The molecule has 0 spiro atoms. The van der Waals surface area contributed by atoms with Gasteiger partial charge in [0.05, 0.1) is 5.60 Å². The number of amides is 1. The van der Waals surface area contributed by atoms with Gasteiger partial charge in [0.15, 0.2) is 0 Å². The minimum atomic E-state index is -0.0916. The van der Waals surface area contributed by atoms with E-state index in [0.29, 0.717) is 18.4 Å². The molecule has 0 aromatic heterocycles. The fourth-order valence-electron chi connectivity index (χ4n) is 4.73. The average Bonchev–Trinajstić information content (AvgIpc) is 2.60. The van der Waals surface area contributed by atoms with Crippen molar-refractivity contribution in [3.8, 4) is 0 Å². The Balaban J connectivity index is 1.71. The van der Waals surface area contributed by atoms with E-state index in [2.05, 4.69) is 50.4 Å². The lowest BCUT2D eigenvalue weighted by Gasteiger charge is -2.39. The van der Waals surface area contributed by atoms with E-state index in [0.717, 1.165) is 32.3 Å². The molecule has 1 amide bonds. The first-order valence-corrected chi connectivity index (χ1v) is 10.4. The Morgan fingerprint density at radius 1 is 1.15 bits per heavy atom. The third-order valence-electron chi connectivity index (χ3n) is 6.19. The highest BCUT2D eigenvalue weighted by Gasteiger charge is 2.35. The zero-order chi connectivity index (χ0) is 18.6. The molecule has 2 atom stereocenters. The first kappa shape index (κ1) is 19.4. The second-order valence-corrected chi connectivity index (χ2v) is 8.98. The number of hydrogen-bond donors (Lipinski definition) is 1. The molecule has 3 heteroatoms. The predicted octanol–water partition coefficient (Wildman–Crippen LogP) is 5.12. The number of benzene rings is 1. The lowest BCUT2D eigenvalue weighted by atomic mass is 9.75. The van der Waals surface area contributed by atoms with E-state index in [1.54, 1.807) is 0 Å². The van der Waals surface area contributed by atoms with Crippen LogP contribution in [0, 0.1) is 12.8 Å². The van der Waals surface area contributed by atoms with Gasteiger partial charge in [-0.15, -0.1) is 0 Å². The van der Waals surface area contributed by atoms with Gasteiger partial charge in [-0.25, -0.2) is 0 Å². The van der Waals surface area contributed by atoms with Crippen molar-refractivity contribution in [2.45, 2.75) is 89.7 Å². The van der Waals surface area contributed by atoms with Crippen molar-refractivity contribution in [2.24, 2.45) is 5.92 Å². The molecule has 1 N–H and O–H groups in total. The van der Waals surface area contributed by atoms with Crippen LogP contribution in [-0.4, -0.2) is 24.2 Å². The number of nitrogens with one attached hydrogen (secondary N) is 1. The summed E-state index contributed by atoms with van der Waals surface area (Å²) in [5, 5.41) is 3.32. The topological polar surface area (TPSA) is 38.3 Å². The zero-order valence-electron chi connectivity index (χ0n) is 16.7. The zero-order valence-corrected chi connectivity index (χ0v) is 16.7. The highest BCUT2D eigenvalue weighted by atomic mass is 16.5. The van der Waals surface area contributed by atoms with Crippen molar-refractivity contribution in [2.75, 3.05) is 6.61 Å². The van der Waals surface area contributed by atoms with Crippen LogP contribution in [0.4, 0.5) is 0 Å². The molecular formula is C23H35NO2. The van der Waals surface area contributed by atoms with Crippen molar-refractivity contribution < 1.29 is 9.53 Å². The van der Waals surface area contributed by atoms with Crippen molar-refractivity contribution in [3.63, 3.8) is 0 Å². The molecule has 1 aromatic carbocycles. The molecule has 1 aliphatic heterocycles. The number of aryl methyl sites for hydroxylation is 1. The Morgan fingerprint density at radius 3 is 2.50 bits per heavy atom. The van der Waals surface area contributed by atoms with Crippen LogP contribution in [0.2, 0.25) is 0 Å². The Bertz CT molecular complexity index is 587. The molecule has 2 fully saturated rings. The molecule has 1 saturated heterocycles. The third-order valence-corrected chi connectivity index (χ3v) is 6.19. The first-order valence-electron chi connectivity index (χ1n) is 10.4. The van der Waals surface area contributed by atoms with Crippen LogP contribution in [0.3, 0.4) is 0 Å². The van der Waals surface area contributed by atoms with Gasteiger partial charge in [0.25, 0.3) is 0 Å². The third kappa shape index (κ3) is 5.33. The second kappa shape index (κ2) is 8.56. The Labute approximate surface area is 158 Å². The summed E-state index contributed by atoms with van der Waals surface area (Å²) in [6.45, 7) is 7.26. The molecule has 3 rings (SSSR count). The molecule has 26 heavy (non-hydrogen) atoms. The quantitative estimate of drug-likeness (QED) is 0.794. The summed E-state index contributed by atoms with van der Waals surface area (Å²) < 4.78 is 5.93. The average molecular weight is 358 g/mol. The Kier molecular flexibility index (Phi) is 6.39. The Morgan fingerprint density at radius 2 is 1.85 bits per heavy atom. The van der Waals surface area contributed by atoms with E-state index in [1.165, 1.54) is 30.4 Å². The second-order valence-electron chi connectivity index (χ2n) is 8.98. The van der Waals surface area contributed by atoms with Crippen LogP contribution in [0.5, 0.6) is 0 Å². The van der Waals surface area contributed by atoms with Crippen LogP contribution < -0.4 is 5.32 Å². The van der Waals surface area contributed by atoms with Gasteiger partial charge in [0.1, 0.15) is 0 Å². The van der Waals surface area contributed by atoms with E-state index < -0.39 is 0 Å². The van der Waals surface area contributed by atoms with Crippen LogP contribution in [0.25, 0.3) is 0 Å². The van der Waals surface area contributed by atoms with Gasteiger partial charge in [-0.05, 0) is 63.9 Å². The van der Waals surface area contributed by atoms with Gasteiger partial charge >= 0.3 is 0 Å². The number of hydrogen-bond acceptors (Lipinski definition) is 2. The Hall–Kier alpha value is -1.35. The fourth-order valence-corrected chi connectivity index (χ4v) is 4.73. The van der Waals surface area contributed by atoms with E-state index >= 15 is 0 Å². The van der Waals surface area contributed by atoms with Crippen LogP contribution in [-0.2, 0) is 9.53 Å². The molecule has 2 unspecified atom stereocenters. The maximum atomic E-state index is 12.8. The van der Waals surface area contributed by atoms with Gasteiger partial charge < -0.3 is 10.1 Å². The molecule has 1 aliphatic carbocycles. The molecule has 0 bridgehead atoms. The lowest BCUT2D eigenvalue weighted by molar-refractivity contribution is -0.123. The summed E-state index contributed by atoms with van der Waals surface area (Å²) in [4.78, 5) is 12.8. The summed E-state index contributed by atoms with van der Waals surface area (Å²) in [5.74, 6) is 1.01. The number of carbonyl (C=O) groups excluding carboxylic acids is 1. The predicted molar refractivity (Wildman–Crippen MR) is 106 cm³/mol. The standard InChI is InChI=1S/C23H35NO2/c1-17-9-11-18(12-10-17)21(19-13-14-26-23(2,3)16-19)15-22(25)24-20-7-5-4-6-8-20/h9-12,19-21H,4-8,13-16H2,1-3H3,(H,24,25). The monoisotopic (exact) mass is 357 g/mol. The van der Waals surface area contributed by atoms with Gasteiger partial charge in [0.2, 0.25) is 5.91 Å². The minimum Gasteiger partial charge on any atom is -0.376 e. The van der Waals surface area contributed by atoms with Gasteiger partial charge in [0, 0.05) is 19.1 Å². The molecule has 144 valence electrons. The smallest absolute Gasteiger partial charge is 0.220 e. The van der Waals surface area contributed by atoms with Crippen LogP contribution >= 0.6 is 0 Å². The number of carbonyl (C=O) groups is 1. The normalized spacial score (nSPS) is 24.8. The summed E-state index contributed by atoms with van der Waals surface area (Å²) in [6, 6.07) is 9.17. The number of rotatable bonds is 5. The van der Waals surface area contributed by atoms with Gasteiger partial charge in [-0.1, -0.05) is 49.1 Å². The largest absolute Gasteiger partial charge is 0.376 e. The SMILES string of the molecule is Cc1ccc(C(CC(=O)NC2CCCCC2)C2CCOC(C)(C)C2)cc1. The molecule has 3 nitrogen and oxygen atoms in total. The summed E-state index contributed by atoms with van der Waals surface area (Å²) in [5.41, 5.74) is 2.48. The fraction of sp³-hybridized carbons (Fsp3) is 0.696. The van der Waals surface area contributed by atoms with E-state index in [1.807, 2.05) is 0 Å². The highest BCUT2D eigenvalue weighted by Crippen LogP contribution is 2.40. The van der Waals surface area contributed by atoms with Crippen molar-refractivity contribution in [3.05, 3.63) is 35.4 Å². The van der Waals surface area contributed by atoms with Crippen LogP contribution in [0.15, 0.2) is 24.3 Å². The van der Waals surface area contributed by atoms with Gasteiger partial charge in [-0.3, -0.25) is 4.79 Å². The molecule has 1 heterocycles. The molecule has 1 aromatic rings. The van der Waals surface area contributed by atoms with Gasteiger partial charge in [-0.2, -0.15) is 0 Å². The molecule has 0 radical (unpaired) electrons. The van der Waals surface area contributed by atoms with E-state index in [9.17, 15) is 4.79 Å². The van der Waals surface area contributed by atoms with Crippen molar-refractivity contribution in [1.29, 1.82) is 0 Å². The highest BCUT2D eigenvalue weighted by molar-refractivity contribution is 5.77. The summed E-state index contributed by atoms with van der Waals surface area (Å²) in [6.07, 6.45) is 8.76. The van der Waals surface area contributed by atoms with Crippen molar-refractivity contribution >= 4 is 5.91 Å². The first-order chi connectivity index (χ1) is 12.4. The van der Waals surface area contributed by atoms with Crippen LogP contribution in [0.1, 0.15) is 82.3 Å². The molecule has 1 saturated carbocycles. The summed E-state index contributed by atoms with van der Waals surface area (Å²) >= 11 is 0. The maximum Gasteiger partial charge on any atom is 0.220 e. The summed E-state index contributed by atoms with van der Waals surface area (Å²) in [7, 11) is 0. The molecular weight excluding hydrogens is 322 g/mol. The minimum absolute atomic E-state index is 0.0916.